The molecule has 1 aliphatic carbocycles. The first-order valence-electron chi connectivity index (χ1n) is 12.7. The van der Waals surface area contributed by atoms with Crippen molar-refractivity contribution >= 4 is 11.8 Å². The Morgan fingerprint density at radius 3 is 2.21 bits per heavy atom. The second-order valence-corrected chi connectivity index (χ2v) is 11.9. The summed E-state index contributed by atoms with van der Waals surface area (Å²) in [6.07, 6.45) is 13.4. The van der Waals surface area contributed by atoms with E-state index in [1.54, 1.807) is 0 Å². The molecule has 1 aromatic rings. The van der Waals surface area contributed by atoms with Gasteiger partial charge in [-0.05, 0) is 95.9 Å². The van der Waals surface area contributed by atoms with Crippen molar-refractivity contribution in [1.82, 2.24) is 0 Å². The number of benzene rings is 1. The van der Waals surface area contributed by atoms with E-state index in [1.807, 2.05) is 6.08 Å². The summed E-state index contributed by atoms with van der Waals surface area (Å²) in [6.45, 7) is 19.2. The van der Waals surface area contributed by atoms with Crippen molar-refractivity contribution in [3.63, 3.8) is 0 Å². The molecule has 0 N–H and O–H groups in total. The highest BCUT2D eigenvalue weighted by atomic mass is 16.5. The first kappa shape index (κ1) is 22.8. The van der Waals surface area contributed by atoms with E-state index < -0.39 is 0 Å². The van der Waals surface area contributed by atoms with Crippen LogP contribution >= 0.6 is 0 Å². The minimum Gasteiger partial charge on any atom is -0.487 e. The molecule has 0 atom stereocenters. The van der Waals surface area contributed by atoms with E-state index in [1.165, 1.54) is 35.2 Å². The lowest BCUT2D eigenvalue weighted by molar-refractivity contribution is 0.00776. The number of rotatable bonds is 2. The lowest BCUT2D eigenvalue weighted by atomic mass is 9.69. The molecule has 5 rings (SSSR count). The monoisotopic (exact) mass is 453 g/mol. The van der Waals surface area contributed by atoms with Gasteiger partial charge in [-0.1, -0.05) is 33.8 Å². The zero-order valence-electron chi connectivity index (χ0n) is 21.0. The topological polar surface area (TPSA) is 40.6 Å². The minimum absolute atomic E-state index is 0.152. The van der Waals surface area contributed by atoms with Crippen LogP contribution in [0.4, 0.5) is 5.69 Å². The molecule has 0 radical (unpaired) electrons. The Labute approximate surface area is 204 Å². The smallest absolute Gasteiger partial charge is 0.265 e. The summed E-state index contributed by atoms with van der Waals surface area (Å²) >= 11 is 0. The normalized spacial score (nSPS) is 25.2. The quantitative estimate of drug-likeness (QED) is 0.352. The fourth-order valence-corrected chi connectivity index (χ4v) is 6.32. The Morgan fingerprint density at radius 2 is 1.65 bits per heavy atom. The molecule has 0 saturated heterocycles. The van der Waals surface area contributed by atoms with Gasteiger partial charge in [0, 0.05) is 25.2 Å². The first-order chi connectivity index (χ1) is 16.2. The highest BCUT2D eigenvalue weighted by Gasteiger charge is 2.41. The largest absolute Gasteiger partial charge is 0.487 e. The molecule has 0 aromatic heterocycles. The zero-order valence-corrected chi connectivity index (χ0v) is 21.0. The molecule has 1 saturated carbocycles. The molecule has 34 heavy (non-hydrogen) atoms. The first-order valence-corrected chi connectivity index (χ1v) is 12.7. The molecule has 176 valence electrons. The van der Waals surface area contributed by atoms with Gasteiger partial charge < -0.3 is 9.64 Å². The summed E-state index contributed by atoms with van der Waals surface area (Å²) in [5.74, 6) is 0.770. The Bertz CT molecular complexity index is 1140. The van der Waals surface area contributed by atoms with E-state index in [-0.39, 0.29) is 22.1 Å². The minimum atomic E-state index is -0.261. The van der Waals surface area contributed by atoms with Gasteiger partial charge in [0.05, 0.1) is 12.6 Å². The number of anilines is 1. The van der Waals surface area contributed by atoms with Crippen LogP contribution in [0.1, 0.15) is 89.3 Å². The van der Waals surface area contributed by atoms with E-state index in [0.717, 1.165) is 50.1 Å². The fourth-order valence-electron chi connectivity index (χ4n) is 6.32. The zero-order chi connectivity index (χ0) is 24.1. The van der Waals surface area contributed by atoms with E-state index in [0.29, 0.717) is 6.42 Å². The SMILES string of the molecule is [C-]#[N+]C(C#N)=C1C=C(C=Cc2cc3c4c(c2)C(C)(C)CCN4CCC3(C)C)OC2(CCCC2)C1. The molecule has 4 aliphatic rings. The Morgan fingerprint density at radius 1 is 1.03 bits per heavy atom. The van der Waals surface area contributed by atoms with Crippen molar-refractivity contribution in [2.24, 2.45) is 0 Å². The van der Waals surface area contributed by atoms with E-state index in [4.69, 9.17) is 11.3 Å². The molecular formula is C30H35N3O. The molecule has 4 heteroatoms. The molecule has 0 amide bonds. The third kappa shape index (κ3) is 3.84. The van der Waals surface area contributed by atoms with Gasteiger partial charge in [-0.2, -0.15) is 0 Å². The predicted octanol–water partition coefficient (Wildman–Crippen LogP) is 7.18. The second kappa shape index (κ2) is 8.06. The van der Waals surface area contributed by atoms with Crippen LogP contribution in [-0.4, -0.2) is 18.7 Å². The van der Waals surface area contributed by atoms with Crippen molar-refractivity contribution in [3.05, 3.63) is 69.4 Å². The summed E-state index contributed by atoms with van der Waals surface area (Å²) in [5, 5.41) is 9.49. The summed E-state index contributed by atoms with van der Waals surface area (Å²) in [6, 6.07) is 6.84. The van der Waals surface area contributed by atoms with Crippen molar-refractivity contribution in [2.75, 3.05) is 18.0 Å². The van der Waals surface area contributed by atoms with Gasteiger partial charge in [0.25, 0.3) is 5.70 Å². The van der Waals surface area contributed by atoms with Crippen molar-refractivity contribution in [3.8, 4) is 6.07 Å². The van der Waals surface area contributed by atoms with E-state index in [2.05, 4.69) is 67.8 Å². The van der Waals surface area contributed by atoms with Gasteiger partial charge in [-0.15, -0.1) is 0 Å². The maximum atomic E-state index is 9.49. The molecular weight excluding hydrogens is 418 g/mol. The third-order valence-corrected chi connectivity index (χ3v) is 8.56. The van der Waals surface area contributed by atoms with Crippen LogP contribution in [0.3, 0.4) is 0 Å². The lowest BCUT2D eigenvalue weighted by Crippen LogP contribution is -2.44. The second-order valence-electron chi connectivity index (χ2n) is 11.9. The molecule has 3 heterocycles. The Balaban J connectivity index is 1.56. The lowest BCUT2D eigenvalue weighted by Gasteiger charge is -2.48. The van der Waals surface area contributed by atoms with Crippen molar-refractivity contribution in [2.45, 2.75) is 89.1 Å². The number of ether oxygens (including phenoxy) is 1. The average Bonchev–Trinajstić information content (AvgIpc) is 3.24. The average molecular weight is 454 g/mol. The highest BCUT2D eigenvalue weighted by molar-refractivity contribution is 5.72. The molecule has 3 aliphatic heterocycles. The molecule has 4 nitrogen and oxygen atoms in total. The van der Waals surface area contributed by atoms with Crippen LogP contribution in [0.25, 0.3) is 10.9 Å². The van der Waals surface area contributed by atoms with Crippen LogP contribution in [0.2, 0.25) is 0 Å². The number of nitriles is 1. The highest BCUT2D eigenvalue weighted by Crippen LogP contribution is 2.50. The molecule has 1 fully saturated rings. The summed E-state index contributed by atoms with van der Waals surface area (Å²) in [4.78, 5) is 6.09. The number of allylic oxidation sites excluding steroid dienone is 3. The number of hydrogen-bond acceptors (Lipinski definition) is 3. The molecule has 1 spiro atoms. The van der Waals surface area contributed by atoms with Crippen LogP contribution in [0, 0.1) is 17.9 Å². The van der Waals surface area contributed by atoms with Gasteiger partial charge >= 0.3 is 0 Å². The maximum absolute atomic E-state index is 9.49. The van der Waals surface area contributed by atoms with Gasteiger partial charge in [-0.25, -0.2) is 10.1 Å². The van der Waals surface area contributed by atoms with Gasteiger partial charge in [-0.3, -0.25) is 0 Å². The van der Waals surface area contributed by atoms with E-state index >= 15 is 0 Å². The van der Waals surface area contributed by atoms with Crippen LogP contribution in [-0.2, 0) is 15.6 Å². The van der Waals surface area contributed by atoms with Crippen molar-refractivity contribution in [1.29, 1.82) is 5.26 Å². The standard InChI is InChI=1S/C30H35N3O/c1-28(2)12-14-33-15-13-29(3,4)25-17-21(16-24(28)27(25)33)8-9-23-18-22(26(20-31)32-5)19-30(34-23)10-6-7-11-30/h8-9,16-18H,6-7,10-15,19H2,1-4H3. The van der Waals surface area contributed by atoms with E-state index in [9.17, 15) is 5.26 Å². The predicted molar refractivity (Wildman–Crippen MR) is 137 cm³/mol. The van der Waals surface area contributed by atoms with Gasteiger partial charge in [0.2, 0.25) is 0 Å². The fraction of sp³-hybridized carbons (Fsp3) is 0.533. The van der Waals surface area contributed by atoms with Crippen molar-refractivity contribution < 1.29 is 4.74 Å². The number of nitrogens with zero attached hydrogens (tertiary/aromatic N) is 3. The maximum Gasteiger partial charge on any atom is 0.265 e. The number of hydrogen-bond donors (Lipinski definition) is 0. The summed E-state index contributed by atoms with van der Waals surface area (Å²) < 4.78 is 6.52. The molecule has 0 unspecified atom stereocenters. The van der Waals surface area contributed by atoms with Crippen LogP contribution in [0.15, 0.2) is 41.3 Å². The van der Waals surface area contributed by atoms with Gasteiger partial charge in [0.1, 0.15) is 11.4 Å². The molecule has 1 aromatic carbocycles. The summed E-state index contributed by atoms with van der Waals surface area (Å²) in [7, 11) is 0. The summed E-state index contributed by atoms with van der Waals surface area (Å²) in [5.41, 5.74) is 6.63. The Hall–Kier alpha value is -2.98. The van der Waals surface area contributed by atoms with Crippen LogP contribution < -0.4 is 4.90 Å². The third-order valence-electron chi connectivity index (χ3n) is 8.56. The Kier molecular flexibility index (Phi) is 5.40. The molecule has 0 bridgehead atoms. The van der Waals surface area contributed by atoms with Gasteiger partial charge in [0.15, 0.2) is 0 Å². The van der Waals surface area contributed by atoms with Crippen LogP contribution in [0.5, 0.6) is 0 Å².